The number of para-hydroxylation sites is 1. The number of rotatable bonds is 5. The molecule has 0 fully saturated rings. The van der Waals surface area contributed by atoms with Gasteiger partial charge >= 0.3 is 0 Å². The molecule has 0 aliphatic heterocycles. The van der Waals surface area contributed by atoms with E-state index < -0.39 is 0 Å². The van der Waals surface area contributed by atoms with Crippen LogP contribution >= 0.6 is 0 Å². The Labute approximate surface area is 289 Å². The Morgan fingerprint density at radius 1 is 0.440 bits per heavy atom. The molecule has 3 nitrogen and oxygen atoms in total. The quantitative estimate of drug-likeness (QED) is 0.176. The monoisotopic (exact) mass is 635 g/mol. The number of nitrogens with zero attached hydrogens (tertiary/aromatic N) is 3. The first kappa shape index (κ1) is 28.2. The van der Waals surface area contributed by atoms with E-state index in [1.807, 2.05) is 24.3 Å². The molecule has 0 saturated carbocycles. The highest BCUT2D eigenvalue weighted by molar-refractivity contribution is 6.26. The molecule has 9 aromatic carbocycles. The maximum Gasteiger partial charge on any atom is 0.0991 e. The SMILES string of the molecule is N#Cc1ccc(N(c2ccc3ccccc3c2)c2ccc3cc(-c4ccc5c6c4ccc4cccc(c46)n5-c4ccccc4)ccc3c2)cc1. The zero-order valence-electron chi connectivity index (χ0n) is 27.1. The van der Waals surface area contributed by atoms with E-state index >= 15 is 0 Å². The van der Waals surface area contributed by atoms with E-state index in [0.717, 1.165) is 17.1 Å². The molecule has 3 heteroatoms. The molecular weight excluding hydrogens is 607 g/mol. The van der Waals surface area contributed by atoms with Crippen LogP contribution < -0.4 is 4.90 Å². The zero-order chi connectivity index (χ0) is 33.2. The van der Waals surface area contributed by atoms with Crippen LogP contribution in [0.25, 0.3) is 70.9 Å². The topological polar surface area (TPSA) is 32.0 Å². The summed E-state index contributed by atoms with van der Waals surface area (Å²) in [6, 6.07) is 65.0. The van der Waals surface area contributed by atoms with Gasteiger partial charge in [0.05, 0.1) is 22.7 Å². The first-order valence-electron chi connectivity index (χ1n) is 16.9. The van der Waals surface area contributed by atoms with Gasteiger partial charge in [-0.2, -0.15) is 5.26 Å². The zero-order valence-corrected chi connectivity index (χ0v) is 27.1. The molecule has 1 aromatic heterocycles. The fourth-order valence-electron chi connectivity index (χ4n) is 7.78. The Balaban J connectivity index is 1.11. The van der Waals surface area contributed by atoms with E-state index in [1.54, 1.807) is 0 Å². The molecular formula is C47H29N3. The summed E-state index contributed by atoms with van der Waals surface area (Å²) < 4.78 is 2.39. The van der Waals surface area contributed by atoms with Gasteiger partial charge in [0.1, 0.15) is 0 Å². The average Bonchev–Trinajstić information content (AvgIpc) is 3.53. The van der Waals surface area contributed by atoms with Crippen molar-refractivity contribution in [2.75, 3.05) is 4.90 Å². The number of aromatic nitrogens is 1. The van der Waals surface area contributed by atoms with Crippen LogP contribution in [-0.2, 0) is 0 Å². The third kappa shape index (κ3) is 4.36. The molecule has 0 aliphatic rings. The van der Waals surface area contributed by atoms with Crippen molar-refractivity contribution >= 4 is 71.2 Å². The minimum atomic E-state index is 0.645. The number of hydrogen-bond acceptors (Lipinski definition) is 2. The summed E-state index contributed by atoms with van der Waals surface area (Å²) in [5.74, 6) is 0. The van der Waals surface area contributed by atoms with Crippen LogP contribution in [0.1, 0.15) is 5.56 Å². The molecule has 232 valence electrons. The Morgan fingerprint density at radius 2 is 1.06 bits per heavy atom. The third-order valence-electron chi connectivity index (χ3n) is 10.1. The largest absolute Gasteiger partial charge is 0.310 e. The Bertz CT molecular complexity index is 2930. The maximum atomic E-state index is 9.46. The Kier molecular flexibility index (Phi) is 6.24. The molecule has 10 rings (SSSR count). The summed E-state index contributed by atoms with van der Waals surface area (Å²) in [5, 5.41) is 19.3. The molecule has 0 N–H and O–H groups in total. The van der Waals surface area contributed by atoms with Crippen LogP contribution in [0.5, 0.6) is 0 Å². The third-order valence-corrected chi connectivity index (χ3v) is 10.1. The lowest BCUT2D eigenvalue weighted by Gasteiger charge is -2.26. The van der Waals surface area contributed by atoms with Crippen molar-refractivity contribution in [1.29, 1.82) is 5.26 Å². The molecule has 1 heterocycles. The number of hydrogen-bond donors (Lipinski definition) is 0. The lowest BCUT2D eigenvalue weighted by atomic mass is 9.93. The molecule has 0 unspecified atom stereocenters. The van der Waals surface area contributed by atoms with Crippen LogP contribution in [0.4, 0.5) is 17.1 Å². The Morgan fingerprint density at radius 3 is 1.86 bits per heavy atom. The molecule has 50 heavy (non-hydrogen) atoms. The van der Waals surface area contributed by atoms with Crippen LogP contribution in [0.3, 0.4) is 0 Å². The van der Waals surface area contributed by atoms with E-state index in [9.17, 15) is 5.26 Å². The predicted molar refractivity (Wildman–Crippen MR) is 209 cm³/mol. The molecule has 0 bridgehead atoms. The fraction of sp³-hybridized carbons (Fsp3) is 0. The van der Waals surface area contributed by atoms with Crippen LogP contribution in [0.2, 0.25) is 0 Å². The second-order valence-corrected chi connectivity index (χ2v) is 12.9. The number of benzene rings is 9. The highest BCUT2D eigenvalue weighted by Crippen LogP contribution is 2.43. The van der Waals surface area contributed by atoms with Gasteiger partial charge in [-0.15, -0.1) is 0 Å². The van der Waals surface area contributed by atoms with Gasteiger partial charge in [-0.1, -0.05) is 97.1 Å². The standard InChI is InChI=1S/C47H29N3/c48-30-31-13-20-39(21-14-31)49(40-22-17-32-7-4-5-8-34(32)28-40)41-23-18-35-27-37(16-15-36(35)29-41)42-25-26-45-47-43(42)24-19-33-9-6-12-44(46(33)47)50(45)38-10-2-1-3-11-38/h1-29H. The maximum absolute atomic E-state index is 9.46. The van der Waals surface area contributed by atoms with E-state index in [0.29, 0.717) is 5.56 Å². The highest BCUT2D eigenvalue weighted by Gasteiger charge is 2.19. The van der Waals surface area contributed by atoms with Crippen molar-refractivity contribution in [3.8, 4) is 22.9 Å². The Hall–Kier alpha value is -6.89. The smallest absolute Gasteiger partial charge is 0.0991 e. The van der Waals surface area contributed by atoms with Crippen LogP contribution in [-0.4, -0.2) is 4.57 Å². The van der Waals surface area contributed by atoms with E-state index in [-0.39, 0.29) is 0 Å². The molecule has 0 spiro atoms. The van der Waals surface area contributed by atoms with Gasteiger partial charge in [-0.05, 0) is 122 Å². The predicted octanol–water partition coefficient (Wildman–Crippen LogP) is 12.7. The van der Waals surface area contributed by atoms with Crippen molar-refractivity contribution < 1.29 is 0 Å². The number of nitriles is 1. The van der Waals surface area contributed by atoms with E-state index in [4.69, 9.17) is 0 Å². The minimum absolute atomic E-state index is 0.645. The van der Waals surface area contributed by atoms with Crippen molar-refractivity contribution in [1.82, 2.24) is 4.57 Å². The molecule has 0 atom stereocenters. The summed E-state index contributed by atoms with van der Waals surface area (Å²) in [6.45, 7) is 0. The molecule has 10 aromatic rings. The van der Waals surface area contributed by atoms with Gasteiger partial charge in [-0.25, -0.2) is 0 Å². The van der Waals surface area contributed by atoms with Gasteiger partial charge < -0.3 is 9.47 Å². The van der Waals surface area contributed by atoms with Gasteiger partial charge in [0.25, 0.3) is 0 Å². The molecule has 0 saturated heterocycles. The van der Waals surface area contributed by atoms with Gasteiger partial charge in [0, 0.05) is 33.5 Å². The number of anilines is 3. The summed E-state index contributed by atoms with van der Waals surface area (Å²) in [5.41, 5.74) is 9.84. The second kappa shape index (κ2) is 11.1. The summed E-state index contributed by atoms with van der Waals surface area (Å²) >= 11 is 0. The van der Waals surface area contributed by atoms with Crippen LogP contribution in [0, 0.1) is 11.3 Å². The van der Waals surface area contributed by atoms with Crippen molar-refractivity contribution in [2.24, 2.45) is 0 Å². The summed E-state index contributed by atoms with van der Waals surface area (Å²) in [4.78, 5) is 2.27. The molecule has 0 radical (unpaired) electrons. The first-order valence-corrected chi connectivity index (χ1v) is 16.9. The number of fused-ring (bicyclic) bond motifs is 2. The van der Waals surface area contributed by atoms with E-state index in [1.165, 1.54) is 70.9 Å². The lowest BCUT2D eigenvalue weighted by Crippen LogP contribution is -2.10. The molecule has 0 aliphatic carbocycles. The summed E-state index contributed by atoms with van der Waals surface area (Å²) in [7, 11) is 0. The lowest BCUT2D eigenvalue weighted by molar-refractivity contribution is 1.18. The van der Waals surface area contributed by atoms with E-state index in [2.05, 4.69) is 167 Å². The highest BCUT2D eigenvalue weighted by atomic mass is 15.1. The second-order valence-electron chi connectivity index (χ2n) is 12.9. The fourth-order valence-corrected chi connectivity index (χ4v) is 7.78. The van der Waals surface area contributed by atoms with Crippen molar-refractivity contribution in [3.63, 3.8) is 0 Å². The van der Waals surface area contributed by atoms with Gasteiger partial charge in [0.15, 0.2) is 0 Å². The molecule has 0 amide bonds. The van der Waals surface area contributed by atoms with Crippen LogP contribution in [0.15, 0.2) is 176 Å². The van der Waals surface area contributed by atoms with Crippen molar-refractivity contribution in [2.45, 2.75) is 0 Å². The minimum Gasteiger partial charge on any atom is -0.310 e. The summed E-state index contributed by atoms with van der Waals surface area (Å²) in [6.07, 6.45) is 0. The normalized spacial score (nSPS) is 11.6. The van der Waals surface area contributed by atoms with Gasteiger partial charge in [0.2, 0.25) is 0 Å². The average molecular weight is 636 g/mol. The first-order chi connectivity index (χ1) is 24.7. The van der Waals surface area contributed by atoms with Crippen molar-refractivity contribution in [3.05, 3.63) is 181 Å². The van der Waals surface area contributed by atoms with Gasteiger partial charge in [-0.3, -0.25) is 0 Å².